The summed E-state index contributed by atoms with van der Waals surface area (Å²) in [6.45, 7) is 3.88. The fourth-order valence-corrected chi connectivity index (χ4v) is 4.94. The Morgan fingerprint density at radius 1 is 0.897 bits per heavy atom. The number of ether oxygens (including phenoxy) is 2. The Balaban J connectivity index is 1.48. The molecule has 0 aromatic heterocycles. The number of fused-ring (bicyclic) bond motifs is 1. The monoisotopic (exact) mass is 392 g/mol. The summed E-state index contributed by atoms with van der Waals surface area (Å²) in [5.41, 5.74) is 2.30. The molecule has 0 unspecified atom stereocenters. The highest BCUT2D eigenvalue weighted by atomic mass is 16.6. The number of benzene rings is 2. The van der Waals surface area contributed by atoms with Crippen molar-refractivity contribution in [2.75, 3.05) is 32.8 Å². The molecule has 0 radical (unpaired) electrons. The van der Waals surface area contributed by atoms with Crippen molar-refractivity contribution in [3.8, 4) is 11.5 Å². The van der Waals surface area contributed by atoms with Gasteiger partial charge in [-0.15, -0.1) is 0 Å². The molecule has 0 saturated carbocycles. The Labute approximate surface area is 172 Å². The highest BCUT2D eigenvalue weighted by Gasteiger charge is 2.39. The van der Waals surface area contributed by atoms with Crippen LogP contribution in [-0.4, -0.2) is 48.6 Å². The minimum atomic E-state index is -0.227. The minimum Gasteiger partial charge on any atom is -0.486 e. The van der Waals surface area contributed by atoms with Crippen molar-refractivity contribution < 1.29 is 14.3 Å². The summed E-state index contributed by atoms with van der Waals surface area (Å²) >= 11 is 0. The summed E-state index contributed by atoms with van der Waals surface area (Å²) in [4.78, 5) is 18.0. The van der Waals surface area contributed by atoms with E-state index in [1.165, 1.54) is 5.56 Å². The number of carbonyl (C=O) groups excluding carboxylic acids is 1. The van der Waals surface area contributed by atoms with Gasteiger partial charge in [0.2, 0.25) is 5.91 Å². The number of carbonyl (C=O) groups is 1. The molecule has 5 nitrogen and oxygen atoms in total. The second-order valence-corrected chi connectivity index (χ2v) is 8.14. The van der Waals surface area contributed by atoms with Crippen molar-refractivity contribution in [1.29, 1.82) is 0 Å². The summed E-state index contributed by atoms with van der Waals surface area (Å²) in [7, 11) is 0. The molecular formula is C24H28N2O3. The maximum Gasteiger partial charge on any atom is 0.244 e. The van der Waals surface area contributed by atoms with Gasteiger partial charge in [-0.3, -0.25) is 9.69 Å². The number of nitrogens with zero attached hydrogens (tertiary/aromatic N) is 2. The van der Waals surface area contributed by atoms with Gasteiger partial charge in [-0.2, -0.15) is 0 Å². The van der Waals surface area contributed by atoms with Crippen LogP contribution in [-0.2, 0) is 4.79 Å². The standard InChI is InChI=1S/C24H28N2O3/c27-24(25-12-4-5-13-25)23(18-7-2-1-3-8-18)26-14-6-9-20(26)19-10-11-21-22(17-19)29-16-15-28-21/h1-3,7-8,10-11,17,20,23H,4-6,9,12-16H2/t20-,23+/m1/s1. The van der Waals surface area contributed by atoms with Gasteiger partial charge in [-0.1, -0.05) is 36.4 Å². The van der Waals surface area contributed by atoms with Crippen LogP contribution in [0.5, 0.6) is 11.5 Å². The molecule has 1 amide bonds. The number of rotatable bonds is 4. The molecule has 3 aliphatic rings. The highest BCUT2D eigenvalue weighted by Crippen LogP contribution is 2.42. The highest BCUT2D eigenvalue weighted by molar-refractivity contribution is 5.83. The minimum absolute atomic E-state index is 0.211. The van der Waals surface area contributed by atoms with E-state index >= 15 is 0 Å². The molecule has 0 N–H and O–H groups in total. The summed E-state index contributed by atoms with van der Waals surface area (Å²) in [6.07, 6.45) is 4.36. The molecule has 2 atom stereocenters. The second-order valence-electron chi connectivity index (χ2n) is 8.14. The van der Waals surface area contributed by atoms with E-state index in [0.717, 1.165) is 62.4 Å². The molecule has 152 valence electrons. The largest absolute Gasteiger partial charge is 0.486 e. The summed E-state index contributed by atoms with van der Waals surface area (Å²) in [5.74, 6) is 1.89. The third-order valence-electron chi connectivity index (χ3n) is 6.34. The van der Waals surface area contributed by atoms with E-state index in [1.54, 1.807) is 0 Å². The van der Waals surface area contributed by atoms with Gasteiger partial charge in [-0.25, -0.2) is 0 Å². The van der Waals surface area contributed by atoms with E-state index in [2.05, 4.69) is 34.1 Å². The quantitative estimate of drug-likeness (QED) is 0.790. The molecule has 2 aromatic rings. The molecule has 0 bridgehead atoms. The average Bonchev–Trinajstić information content (AvgIpc) is 3.47. The molecule has 5 rings (SSSR count). The van der Waals surface area contributed by atoms with Crippen molar-refractivity contribution in [3.63, 3.8) is 0 Å². The van der Waals surface area contributed by atoms with E-state index in [0.29, 0.717) is 13.2 Å². The first kappa shape index (κ1) is 18.5. The average molecular weight is 392 g/mol. The van der Waals surface area contributed by atoms with E-state index < -0.39 is 0 Å². The number of hydrogen-bond donors (Lipinski definition) is 0. The lowest BCUT2D eigenvalue weighted by molar-refractivity contribution is -0.136. The van der Waals surface area contributed by atoms with Gasteiger partial charge in [0.15, 0.2) is 11.5 Å². The fourth-order valence-electron chi connectivity index (χ4n) is 4.94. The lowest BCUT2D eigenvalue weighted by atomic mass is 9.98. The SMILES string of the molecule is O=C([C@H](c1ccccc1)N1CCC[C@@H]1c1ccc2c(c1)OCCO2)N1CCCC1. The molecule has 0 aliphatic carbocycles. The van der Waals surface area contributed by atoms with Crippen LogP contribution in [0.15, 0.2) is 48.5 Å². The predicted octanol–water partition coefficient (Wildman–Crippen LogP) is 3.96. The van der Waals surface area contributed by atoms with Gasteiger partial charge in [0.25, 0.3) is 0 Å². The zero-order valence-electron chi connectivity index (χ0n) is 16.8. The first-order valence-corrected chi connectivity index (χ1v) is 10.8. The summed E-state index contributed by atoms with van der Waals surface area (Å²) in [5, 5.41) is 0. The third kappa shape index (κ3) is 3.60. The van der Waals surface area contributed by atoms with Gasteiger partial charge in [0.1, 0.15) is 19.3 Å². The molecule has 2 fully saturated rings. The molecule has 0 spiro atoms. The molecule has 29 heavy (non-hydrogen) atoms. The molecule has 3 heterocycles. The number of hydrogen-bond acceptors (Lipinski definition) is 4. The van der Waals surface area contributed by atoms with Crippen LogP contribution in [0.3, 0.4) is 0 Å². The molecular weight excluding hydrogens is 364 g/mol. The summed E-state index contributed by atoms with van der Waals surface area (Å²) in [6, 6.07) is 16.5. The van der Waals surface area contributed by atoms with Crippen molar-refractivity contribution in [1.82, 2.24) is 9.80 Å². The van der Waals surface area contributed by atoms with Crippen LogP contribution >= 0.6 is 0 Å². The topological polar surface area (TPSA) is 42.0 Å². The van der Waals surface area contributed by atoms with Gasteiger partial charge < -0.3 is 14.4 Å². The van der Waals surface area contributed by atoms with Crippen LogP contribution in [0.4, 0.5) is 0 Å². The Hall–Kier alpha value is -2.53. The van der Waals surface area contributed by atoms with Gasteiger partial charge in [0, 0.05) is 19.1 Å². The first-order chi connectivity index (χ1) is 14.3. The Kier molecular flexibility index (Phi) is 5.15. The molecule has 5 heteroatoms. The van der Waals surface area contributed by atoms with Crippen molar-refractivity contribution in [2.24, 2.45) is 0 Å². The Morgan fingerprint density at radius 3 is 2.45 bits per heavy atom. The normalized spacial score (nSPS) is 22.6. The zero-order chi connectivity index (χ0) is 19.6. The van der Waals surface area contributed by atoms with Crippen molar-refractivity contribution in [3.05, 3.63) is 59.7 Å². The summed E-state index contributed by atoms with van der Waals surface area (Å²) < 4.78 is 11.5. The third-order valence-corrected chi connectivity index (χ3v) is 6.34. The van der Waals surface area contributed by atoms with Crippen LogP contribution < -0.4 is 9.47 Å². The van der Waals surface area contributed by atoms with E-state index in [4.69, 9.17) is 9.47 Å². The van der Waals surface area contributed by atoms with Crippen LogP contribution in [0.25, 0.3) is 0 Å². The molecule has 2 saturated heterocycles. The van der Waals surface area contributed by atoms with Crippen molar-refractivity contribution in [2.45, 2.75) is 37.8 Å². The Morgan fingerprint density at radius 2 is 1.66 bits per heavy atom. The van der Waals surface area contributed by atoms with Crippen LogP contribution in [0, 0.1) is 0 Å². The smallest absolute Gasteiger partial charge is 0.244 e. The molecule has 2 aromatic carbocycles. The van der Waals surface area contributed by atoms with Crippen LogP contribution in [0.1, 0.15) is 48.9 Å². The first-order valence-electron chi connectivity index (χ1n) is 10.8. The van der Waals surface area contributed by atoms with Crippen molar-refractivity contribution >= 4 is 5.91 Å². The van der Waals surface area contributed by atoms with Gasteiger partial charge in [-0.05, 0) is 55.5 Å². The number of amides is 1. The maximum absolute atomic E-state index is 13.6. The second kappa shape index (κ2) is 8.07. The van der Waals surface area contributed by atoms with E-state index in [1.807, 2.05) is 24.3 Å². The van der Waals surface area contributed by atoms with Gasteiger partial charge >= 0.3 is 0 Å². The lowest BCUT2D eigenvalue weighted by Gasteiger charge is -2.35. The fraction of sp³-hybridized carbons (Fsp3) is 0.458. The van der Waals surface area contributed by atoms with E-state index in [-0.39, 0.29) is 18.0 Å². The maximum atomic E-state index is 13.6. The Bertz CT molecular complexity index is 864. The van der Waals surface area contributed by atoms with Crippen LogP contribution in [0.2, 0.25) is 0 Å². The molecule has 3 aliphatic heterocycles. The zero-order valence-corrected chi connectivity index (χ0v) is 16.8. The van der Waals surface area contributed by atoms with Gasteiger partial charge in [0.05, 0.1) is 0 Å². The number of likely N-dealkylation sites (tertiary alicyclic amines) is 2. The predicted molar refractivity (Wildman–Crippen MR) is 111 cm³/mol. The van der Waals surface area contributed by atoms with E-state index in [9.17, 15) is 4.79 Å². The lowest BCUT2D eigenvalue weighted by Crippen LogP contribution is -2.41.